The van der Waals surface area contributed by atoms with Gasteiger partial charge in [0.25, 0.3) is 0 Å². The van der Waals surface area contributed by atoms with Crippen molar-refractivity contribution in [3.63, 3.8) is 0 Å². The minimum absolute atomic E-state index is 0.0457. The van der Waals surface area contributed by atoms with Gasteiger partial charge >= 0.3 is 0 Å². The highest BCUT2D eigenvalue weighted by molar-refractivity contribution is 7.99. The minimum Gasteiger partial charge on any atom is -0.379 e. The van der Waals surface area contributed by atoms with Crippen LogP contribution < -0.4 is 5.32 Å². The number of nitrogens with zero attached hydrogens (tertiary/aromatic N) is 2. The number of hydrogen-bond donors (Lipinski definition) is 1. The van der Waals surface area contributed by atoms with Crippen LogP contribution in [0.25, 0.3) is 0 Å². The first-order chi connectivity index (χ1) is 13.0. The lowest BCUT2D eigenvalue weighted by Gasteiger charge is -2.35. The molecule has 2 aliphatic heterocycles. The predicted molar refractivity (Wildman–Crippen MR) is 108 cm³/mol. The number of benzene rings is 1. The van der Waals surface area contributed by atoms with Crippen molar-refractivity contribution < 1.29 is 17.9 Å². The lowest BCUT2D eigenvalue weighted by atomic mass is 10.2. The number of amides is 1. The second kappa shape index (κ2) is 9.38. The average Bonchev–Trinajstić information content (AvgIpc) is 2.88. The number of sulfonamides is 1. The molecular formula is C18H27N3O4S2. The van der Waals surface area contributed by atoms with Crippen molar-refractivity contribution in [1.29, 1.82) is 0 Å². The maximum atomic E-state index is 13.3. The largest absolute Gasteiger partial charge is 0.379 e. The van der Waals surface area contributed by atoms with E-state index in [1.54, 1.807) is 28.6 Å². The van der Waals surface area contributed by atoms with Gasteiger partial charge in [-0.25, -0.2) is 8.42 Å². The molecule has 1 N–H and O–H groups in total. The summed E-state index contributed by atoms with van der Waals surface area (Å²) in [6.45, 7) is 5.81. The summed E-state index contributed by atoms with van der Waals surface area (Å²) in [7, 11) is -3.58. The maximum Gasteiger partial charge on any atom is 0.243 e. The molecule has 0 saturated carbocycles. The van der Waals surface area contributed by atoms with E-state index in [9.17, 15) is 13.2 Å². The zero-order valence-electron chi connectivity index (χ0n) is 15.6. The van der Waals surface area contributed by atoms with Gasteiger partial charge in [0, 0.05) is 50.6 Å². The highest BCUT2D eigenvalue weighted by Gasteiger charge is 2.34. The Labute approximate surface area is 165 Å². The summed E-state index contributed by atoms with van der Waals surface area (Å²) in [6, 6.07) is 6.38. The summed E-state index contributed by atoms with van der Waals surface area (Å²) in [5.74, 6) is 1.61. The first kappa shape index (κ1) is 20.6. The molecule has 2 fully saturated rings. The van der Waals surface area contributed by atoms with Crippen LogP contribution in [-0.4, -0.2) is 80.5 Å². The molecule has 1 aromatic rings. The van der Waals surface area contributed by atoms with Crippen LogP contribution in [0.1, 0.15) is 13.3 Å². The quantitative estimate of drug-likeness (QED) is 0.788. The molecule has 27 heavy (non-hydrogen) atoms. The highest BCUT2D eigenvalue weighted by Crippen LogP contribution is 2.26. The van der Waals surface area contributed by atoms with Crippen molar-refractivity contribution in [3.05, 3.63) is 24.3 Å². The number of carbonyl (C=O) groups is 1. The molecule has 1 aromatic carbocycles. The van der Waals surface area contributed by atoms with Gasteiger partial charge in [-0.15, -0.1) is 0 Å². The maximum absolute atomic E-state index is 13.3. The van der Waals surface area contributed by atoms with Gasteiger partial charge in [0.2, 0.25) is 15.9 Å². The van der Waals surface area contributed by atoms with Gasteiger partial charge in [0.05, 0.1) is 18.1 Å². The van der Waals surface area contributed by atoms with Crippen LogP contribution in [0.15, 0.2) is 29.2 Å². The van der Waals surface area contributed by atoms with Gasteiger partial charge in [-0.05, 0) is 36.4 Å². The highest BCUT2D eigenvalue weighted by atomic mass is 32.2. The Bertz CT molecular complexity index is 733. The lowest BCUT2D eigenvalue weighted by molar-refractivity contribution is -0.114. The smallest absolute Gasteiger partial charge is 0.243 e. The van der Waals surface area contributed by atoms with Crippen LogP contribution in [-0.2, 0) is 19.6 Å². The predicted octanol–water partition coefficient (Wildman–Crippen LogP) is 1.47. The van der Waals surface area contributed by atoms with Crippen LogP contribution >= 0.6 is 11.8 Å². The van der Waals surface area contributed by atoms with Crippen LogP contribution in [0.4, 0.5) is 5.69 Å². The molecule has 0 aliphatic carbocycles. The van der Waals surface area contributed by atoms with Crippen LogP contribution in [0, 0.1) is 0 Å². The molecule has 9 heteroatoms. The zero-order valence-corrected chi connectivity index (χ0v) is 17.2. The number of carbonyl (C=O) groups excluding carboxylic acids is 1. The summed E-state index contributed by atoms with van der Waals surface area (Å²) in [5.41, 5.74) is 0.595. The van der Waals surface area contributed by atoms with Gasteiger partial charge in [0.15, 0.2) is 0 Å². The van der Waals surface area contributed by atoms with Gasteiger partial charge < -0.3 is 10.1 Å². The van der Waals surface area contributed by atoms with Gasteiger partial charge in [0.1, 0.15) is 0 Å². The minimum atomic E-state index is -3.58. The van der Waals surface area contributed by atoms with Crippen molar-refractivity contribution in [2.24, 2.45) is 0 Å². The molecule has 3 rings (SSSR count). The van der Waals surface area contributed by atoms with Crippen molar-refractivity contribution >= 4 is 33.4 Å². The van der Waals surface area contributed by atoms with E-state index < -0.39 is 10.0 Å². The molecule has 150 valence electrons. The summed E-state index contributed by atoms with van der Waals surface area (Å²) < 4.78 is 33.7. The van der Waals surface area contributed by atoms with Crippen LogP contribution in [0.5, 0.6) is 0 Å². The van der Waals surface area contributed by atoms with Crippen molar-refractivity contribution in [2.45, 2.75) is 24.3 Å². The van der Waals surface area contributed by atoms with Gasteiger partial charge in [-0.1, -0.05) is 0 Å². The standard InChI is InChI=1S/C18H27N3O4S2/c1-15(22)19-16-3-5-18(6-4-16)27(23,24)21-7-2-12-26-14-17(21)13-20-8-10-25-11-9-20/h3-6,17H,2,7-14H2,1H3,(H,19,22). The summed E-state index contributed by atoms with van der Waals surface area (Å²) in [4.78, 5) is 13.7. The molecule has 1 atom stereocenters. The van der Waals surface area contributed by atoms with E-state index in [1.165, 1.54) is 6.92 Å². The Morgan fingerprint density at radius 1 is 1.22 bits per heavy atom. The van der Waals surface area contributed by atoms with Crippen molar-refractivity contribution in [3.8, 4) is 0 Å². The SMILES string of the molecule is CC(=O)Nc1ccc(S(=O)(=O)N2CCCSCC2CN2CCOCC2)cc1. The number of morpholine rings is 1. The Hall–Kier alpha value is -1.13. The van der Waals surface area contributed by atoms with E-state index in [0.29, 0.717) is 25.4 Å². The second-order valence-corrected chi connectivity index (χ2v) is 9.86. The number of nitrogens with one attached hydrogen (secondary N) is 1. The zero-order chi connectivity index (χ0) is 19.3. The molecule has 2 aliphatic rings. The second-order valence-electron chi connectivity index (χ2n) is 6.82. The van der Waals surface area contributed by atoms with Crippen molar-refractivity contribution in [2.75, 3.05) is 56.2 Å². The molecule has 0 radical (unpaired) electrons. The molecule has 0 aromatic heterocycles. The Morgan fingerprint density at radius 2 is 1.93 bits per heavy atom. The van der Waals surface area contributed by atoms with E-state index in [-0.39, 0.29) is 16.8 Å². The fraction of sp³-hybridized carbons (Fsp3) is 0.611. The molecule has 0 spiro atoms. The Kier molecular flexibility index (Phi) is 7.16. The van der Waals surface area contributed by atoms with Crippen LogP contribution in [0.3, 0.4) is 0 Å². The monoisotopic (exact) mass is 413 g/mol. The third-order valence-electron chi connectivity index (χ3n) is 4.74. The summed E-state index contributed by atoms with van der Waals surface area (Å²) in [5, 5.41) is 2.67. The van der Waals surface area contributed by atoms with Gasteiger partial charge in [-0.3, -0.25) is 9.69 Å². The fourth-order valence-corrected chi connectivity index (χ4v) is 6.20. The normalized spacial score (nSPS) is 22.9. The number of anilines is 1. The molecule has 1 unspecified atom stereocenters. The molecule has 2 heterocycles. The number of thioether (sulfide) groups is 1. The van der Waals surface area contributed by atoms with Crippen molar-refractivity contribution in [1.82, 2.24) is 9.21 Å². The van der Waals surface area contributed by atoms with E-state index >= 15 is 0 Å². The summed E-state index contributed by atoms with van der Waals surface area (Å²) >= 11 is 1.83. The Morgan fingerprint density at radius 3 is 2.59 bits per heavy atom. The lowest BCUT2D eigenvalue weighted by Crippen LogP contribution is -2.50. The van der Waals surface area contributed by atoms with E-state index in [2.05, 4.69) is 10.2 Å². The van der Waals surface area contributed by atoms with E-state index in [1.807, 2.05) is 11.8 Å². The van der Waals surface area contributed by atoms with E-state index in [4.69, 9.17) is 4.74 Å². The number of hydrogen-bond acceptors (Lipinski definition) is 6. The Balaban J connectivity index is 1.78. The summed E-state index contributed by atoms with van der Waals surface area (Å²) in [6.07, 6.45) is 0.855. The number of rotatable bonds is 5. The third kappa shape index (κ3) is 5.45. The molecule has 0 bridgehead atoms. The van der Waals surface area contributed by atoms with E-state index in [0.717, 1.165) is 37.6 Å². The van der Waals surface area contributed by atoms with Crippen LogP contribution in [0.2, 0.25) is 0 Å². The first-order valence-corrected chi connectivity index (χ1v) is 11.8. The number of ether oxygens (including phenoxy) is 1. The third-order valence-corrected chi connectivity index (χ3v) is 7.90. The topological polar surface area (TPSA) is 79.0 Å². The molecule has 7 nitrogen and oxygen atoms in total. The fourth-order valence-electron chi connectivity index (χ4n) is 3.40. The molecule has 2 saturated heterocycles. The molecule has 1 amide bonds. The van der Waals surface area contributed by atoms with Gasteiger partial charge in [-0.2, -0.15) is 16.1 Å². The molecular weight excluding hydrogens is 386 g/mol. The average molecular weight is 414 g/mol. The first-order valence-electron chi connectivity index (χ1n) is 9.24.